The molecule has 6 heterocycles. The van der Waals surface area contributed by atoms with E-state index in [1.807, 2.05) is 59.4 Å². The van der Waals surface area contributed by atoms with Crippen molar-refractivity contribution < 1.29 is 4.39 Å². The van der Waals surface area contributed by atoms with E-state index in [1.165, 1.54) is 6.07 Å². The van der Waals surface area contributed by atoms with Gasteiger partial charge in [-0.2, -0.15) is 0 Å². The molecule has 0 saturated carbocycles. The predicted molar refractivity (Wildman–Crippen MR) is 164 cm³/mol. The standard InChI is InChI=1S/C33H35FN8/c1-39(2)26-14-18-40(19-15-26)33-21-23(13-16-35-33)27-8-4-9-28(37-27)30-22-36-31-11-12-32(38-42(30)31)41-17-5-10-29(41)24-6-3-7-25(34)20-24/h3-4,6-9,11-13,16,20-22,26,29H,5,10,14-15,17-19H2,1-2H3/t29-/m1/s1. The van der Waals surface area contributed by atoms with E-state index in [-0.39, 0.29) is 11.9 Å². The molecule has 2 aliphatic rings. The molecule has 8 nitrogen and oxygen atoms in total. The fraction of sp³-hybridized carbons (Fsp3) is 0.333. The molecule has 5 aromatic rings. The van der Waals surface area contributed by atoms with E-state index in [0.29, 0.717) is 6.04 Å². The topological polar surface area (TPSA) is 65.7 Å². The summed E-state index contributed by atoms with van der Waals surface area (Å²) < 4.78 is 15.9. The molecule has 2 aliphatic heterocycles. The van der Waals surface area contributed by atoms with Crippen LogP contribution in [0.5, 0.6) is 0 Å². The van der Waals surface area contributed by atoms with Gasteiger partial charge < -0.3 is 14.7 Å². The van der Waals surface area contributed by atoms with Crippen molar-refractivity contribution in [2.75, 3.05) is 43.5 Å². The Balaban J connectivity index is 1.17. The van der Waals surface area contributed by atoms with Gasteiger partial charge in [0.05, 0.1) is 23.6 Å². The Bertz CT molecular complexity index is 1710. The second-order valence-electron chi connectivity index (χ2n) is 11.5. The minimum absolute atomic E-state index is 0.0913. The molecule has 0 unspecified atom stereocenters. The Hall–Kier alpha value is -4.37. The Morgan fingerprint density at radius 3 is 2.50 bits per heavy atom. The van der Waals surface area contributed by atoms with Crippen LogP contribution in [-0.4, -0.2) is 69.2 Å². The summed E-state index contributed by atoms with van der Waals surface area (Å²) in [6, 6.07) is 21.9. The molecule has 0 bridgehead atoms. The summed E-state index contributed by atoms with van der Waals surface area (Å²) in [4.78, 5) is 21.3. The number of pyridine rings is 2. The molecule has 2 saturated heterocycles. The molecule has 2 fully saturated rings. The van der Waals surface area contributed by atoms with Crippen LogP contribution in [0.25, 0.3) is 28.3 Å². The number of piperidine rings is 1. The third-order valence-corrected chi connectivity index (χ3v) is 8.70. The maximum atomic E-state index is 14.0. The number of anilines is 2. The summed E-state index contributed by atoms with van der Waals surface area (Å²) in [5.74, 6) is 1.64. The zero-order valence-corrected chi connectivity index (χ0v) is 24.1. The van der Waals surface area contributed by atoms with Crippen LogP contribution >= 0.6 is 0 Å². The minimum atomic E-state index is -0.208. The van der Waals surface area contributed by atoms with Crippen LogP contribution in [0.2, 0.25) is 0 Å². The number of aromatic nitrogens is 5. The van der Waals surface area contributed by atoms with Gasteiger partial charge in [0.25, 0.3) is 0 Å². The van der Waals surface area contributed by atoms with Crippen LogP contribution in [0.1, 0.15) is 37.3 Å². The molecule has 9 heteroatoms. The van der Waals surface area contributed by atoms with Crippen LogP contribution in [0.15, 0.2) is 79.1 Å². The second-order valence-corrected chi connectivity index (χ2v) is 11.5. The van der Waals surface area contributed by atoms with Gasteiger partial charge in [0.15, 0.2) is 5.65 Å². The van der Waals surface area contributed by atoms with E-state index in [0.717, 1.165) is 90.8 Å². The Labute approximate surface area is 245 Å². The zero-order chi connectivity index (χ0) is 28.6. The van der Waals surface area contributed by atoms with Crippen LogP contribution in [0.3, 0.4) is 0 Å². The third kappa shape index (κ3) is 5.09. The van der Waals surface area contributed by atoms with Gasteiger partial charge in [-0.1, -0.05) is 18.2 Å². The molecule has 1 atom stereocenters. The van der Waals surface area contributed by atoms with Crippen LogP contribution in [0, 0.1) is 5.82 Å². The fourth-order valence-corrected chi connectivity index (χ4v) is 6.39. The second kappa shape index (κ2) is 11.1. The molecule has 1 aromatic carbocycles. The zero-order valence-electron chi connectivity index (χ0n) is 24.1. The number of imidazole rings is 1. The maximum Gasteiger partial charge on any atom is 0.154 e. The molecular formula is C33H35FN8. The van der Waals surface area contributed by atoms with E-state index in [4.69, 9.17) is 10.1 Å². The monoisotopic (exact) mass is 562 g/mol. The van der Waals surface area contributed by atoms with E-state index in [9.17, 15) is 4.39 Å². The van der Waals surface area contributed by atoms with Crippen LogP contribution < -0.4 is 9.80 Å². The molecule has 0 spiro atoms. The van der Waals surface area contributed by atoms with E-state index >= 15 is 0 Å². The average molecular weight is 563 g/mol. The Kier molecular flexibility index (Phi) is 7.03. The van der Waals surface area contributed by atoms with Gasteiger partial charge >= 0.3 is 0 Å². The maximum absolute atomic E-state index is 14.0. The number of hydrogen-bond acceptors (Lipinski definition) is 7. The van der Waals surface area contributed by atoms with Crippen molar-refractivity contribution >= 4 is 17.3 Å². The molecule has 0 amide bonds. The Morgan fingerprint density at radius 1 is 0.833 bits per heavy atom. The van der Waals surface area contributed by atoms with Crippen molar-refractivity contribution in [3.8, 4) is 22.6 Å². The quantitative estimate of drug-likeness (QED) is 0.257. The lowest BCUT2D eigenvalue weighted by Crippen LogP contribution is -2.42. The molecule has 0 aliphatic carbocycles. The van der Waals surface area contributed by atoms with Crippen molar-refractivity contribution in [2.24, 2.45) is 0 Å². The average Bonchev–Trinajstić information content (AvgIpc) is 3.69. The summed E-state index contributed by atoms with van der Waals surface area (Å²) in [6.07, 6.45) is 7.98. The van der Waals surface area contributed by atoms with Crippen LogP contribution in [0.4, 0.5) is 16.0 Å². The fourth-order valence-electron chi connectivity index (χ4n) is 6.39. The van der Waals surface area contributed by atoms with Gasteiger partial charge in [0, 0.05) is 37.4 Å². The molecule has 0 radical (unpaired) electrons. The summed E-state index contributed by atoms with van der Waals surface area (Å²) in [5, 5.41) is 5.01. The number of hydrogen-bond donors (Lipinski definition) is 0. The predicted octanol–water partition coefficient (Wildman–Crippen LogP) is 5.86. The van der Waals surface area contributed by atoms with E-state index in [2.05, 4.69) is 44.8 Å². The van der Waals surface area contributed by atoms with Gasteiger partial charge in [-0.05, 0) is 93.9 Å². The SMILES string of the molecule is CN(C)C1CCN(c2cc(-c3cccc(-c4cnc5ccc(N6CCC[C@@H]6c6cccc(F)c6)nn45)n3)ccn2)CC1. The highest BCUT2D eigenvalue weighted by molar-refractivity contribution is 5.68. The van der Waals surface area contributed by atoms with Gasteiger partial charge in [-0.15, -0.1) is 5.10 Å². The number of benzene rings is 1. The largest absolute Gasteiger partial charge is 0.356 e. The number of nitrogens with zero attached hydrogens (tertiary/aromatic N) is 8. The molecule has 214 valence electrons. The van der Waals surface area contributed by atoms with Gasteiger partial charge in [0.2, 0.25) is 0 Å². The molecule has 42 heavy (non-hydrogen) atoms. The van der Waals surface area contributed by atoms with Crippen molar-refractivity contribution in [3.63, 3.8) is 0 Å². The highest BCUT2D eigenvalue weighted by atomic mass is 19.1. The first-order valence-electron chi connectivity index (χ1n) is 14.8. The van der Waals surface area contributed by atoms with Crippen molar-refractivity contribution in [3.05, 3.63) is 90.5 Å². The Morgan fingerprint density at radius 2 is 1.67 bits per heavy atom. The van der Waals surface area contributed by atoms with Crippen LogP contribution in [-0.2, 0) is 0 Å². The van der Waals surface area contributed by atoms with Gasteiger partial charge in [0.1, 0.15) is 23.1 Å². The summed E-state index contributed by atoms with van der Waals surface area (Å²) >= 11 is 0. The summed E-state index contributed by atoms with van der Waals surface area (Å²) in [6.45, 7) is 2.87. The number of fused-ring (bicyclic) bond motifs is 1. The lowest BCUT2D eigenvalue weighted by Gasteiger charge is -2.35. The highest BCUT2D eigenvalue weighted by Crippen LogP contribution is 2.36. The lowest BCUT2D eigenvalue weighted by atomic mass is 10.0. The summed E-state index contributed by atoms with van der Waals surface area (Å²) in [7, 11) is 4.32. The van der Waals surface area contributed by atoms with Crippen molar-refractivity contribution in [1.82, 2.24) is 29.5 Å². The van der Waals surface area contributed by atoms with E-state index < -0.39 is 0 Å². The van der Waals surface area contributed by atoms with Gasteiger partial charge in [-0.3, -0.25) is 0 Å². The number of rotatable bonds is 6. The van der Waals surface area contributed by atoms with E-state index in [1.54, 1.807) is 12.1 Å². The molecule has 4 aromatic heterocycles. The first-order valence-corrected chi connectivity index (χ1v) is 14.8. The molecular weight excluding hydrogens is 527 g/mol. The van der Waals surface area contributed by atoms with Gasteiger partial charge in [-0.25, -0.2) is 23.9 Å². The first-order chi connectivity index (χ1) is 20.5. The first kappa shape index (κ1) is 26.5. The smallest absolute Gasteiger partial charge is 0.154 e. The molecule has 7 rings (SSSR count). The normalized spacial score (nSPS) is 18.0. The molecule has 0 N–H and O–H groups in total. The number of halogens is 1. The summed E-state index contributed by atoms with van der Waals surface area (Å²) in [5.41, 5.74) is 5.29. The third-order valence-electron chi connectivity index (χ3n) is 8.70. The highest BCUT2D eigenvalue weighted by Gasteiger charge is 2.28. The van der Waals surface area contributed by atoms with Crippen molar-refractivity contribution in [2.45, 2.75) is 37.8 Å². The van der Waals surface area contributed by atoms with Crippen molar-refractivity contribution in [1.29, 1.82) is 0 Å². The minimum Gasteiger partial charge on any atom is -0.356 e. The lowest BCUT2D eigenvalue weighted by molar-refractivity contribution is 0.249.